The molecule has 2 rings (SSSR count). The van der Waals surface area contributed by atoms with Gasteiger partial charge in [-0.1, -0.05) is 0 Å². The van der Waals surface area contributed by atoms with Crippen LogP contribution in [0.3, 0.4) is 0 Å². The first-order valence-electron chi connectivity index (χ1n) is 6.16. The quantitative estimate of drug-likeness (QED) is 0.739. The van der Waals surface area contributed by atoms with Gasteiger partial charge in [0, 0.05) is 36.9 Å². The van der Waals surface area contributed by atoms with Crippen molar-refractivity contribution in [2.45, 2.75) is 19.4 Å². The van der Waals surface area contributed by atoms with Gasteiger partial charge in [0.1, 0.15) is 0 Å². The Morgan fingerprint density at radius 2 is 2.41 bits per heavy atom. The Bertz CT molecular complexity index is 342. The molecule has 0 saturated carbocycles. The molecule has 1 aromatic rings. The van der Waals surface area contributed by atoms with Gasteiger partial charge in [-0.3, -0.25) is 0 Å². The maximum absolute atomic E-state index is 5.47. The minimum absolute atomic E-state index is 0.504. The summed E-state index contributed by atoms with van der Waals surface area (Å²) in [6.45, 7) is 5.78. The first-order chi connectivity index (χ1) is 8.29. The average molecular weight is 255 g/mol. The lowest BCUT2D eigenvalue weighted by molar-refractivity contribution is 0.182. The van der Waals surface area contributed by atoms with Crippen LogP contribution in [0.25, 0.3) is 0 Å². The van der Waals surface area contributed by atoms with Crippen LogP contribution < -0.4 is 10.6 Å². The Morgan fingerprint density at radius 3 is 3.12 bits per heavy atom. The van der Waals surface area contributed by atoms with Gasteiger partial charge in [-0.25, -0.2) is 4.98 Å². The molecule has 1 fully saturated rings. The molecule has 2 heterocycles. The molecular formula is C12H21N3OS. The lowest BCUT2D eigenvalue weighted by Gasteiger charge is -2.16. The minimum atomic E-state index is 0.504. The van der Waals surface area contributed by atoms with Crippen LogP contribution in [0.15, 0.2) is 5.38 Å². The predicted octanol–water partition coefficient (Wildman–Crippen LogP) is 0.818. The van der Waals surface area contributed by atoms with Gasteiger partial charge < -0.3 is 15.4 Å². The van der Waals surface area contributed by atoms with Crippen molar-refractivity contribution in [2.24, 2.45) is 5.92 Å². The molecule has 0 aliphatic carbocycles. The van der Waals surface area contributed by atoms with Crippen LogP contribution in [0.2, 0.25) is 0 Å². The van der Waals surface area contributed by atoms with Gasteiger partial charge >= 0.3 is 0 Å². The molecule has 1 saturated heterocycles. The van der Waals surface area contributed by atoms with E-state index in [9.17, 15) is 0 Å². The molecule has 2 N–H and O–H groups in total. The van der Waals surface area contributed by atoms with E-state index in [0.717, 1.165) is 37.7 Å². The van der Waals surface area contributed by atoms with Crippen molar-refractivity contribution < 1.29 is 4.74 Å². The van der Waals surface area contributed by atoms with Crippen molar-refractivity contribution in [3.63, 3.8) is 0 Å². The van der Waals surface area contributed by atoms with Gasteiger partial charge in [0.05, 0.1) is 23.9 Å². The SMILES string of the molecule is CNC1COCC1CNCCc1csc(C)n1. The summed E-state index contributed by atoms with van der Waals surface area (Å²) in [6, 6.07) is 0.504. The highest BCUT2D eigenvalue weighted by molar-refractivity contribution is 7.09. The van der Waals surface area contributed by atoms with Crippen molar-refractivity contribution in [3.05, 3.63) is 16.1 Å². The zero-order valence-electron chi connectivity index (χ0n) is 10.5. The topological polar surface area (TPSA) is 46.2 Å². The van der Waals surface area contributed by atoms with Crippen LogP contribution in [0, 0.1) is 12.8 Å². The van der Waals surface area contributed by atoms with E-state index in [4.69, 9.17) is 4.74 Å². The maximum Gasteiger partial charge on any atom is 0.0897 e. The molecule has 0 aromatic carbocycles. The minimum Gasteiger partial charge on any atom is -0.379 e. The highest BCUT2D eigenvalue weighted by atomic mass is 32.1. The Labute approximate surface area is 107 Å². The van der Waals surface area contributed by atoms with E-state index < -0.39 is 0 Å². The fraction of sp³-hybridized carbons (Fsp3) is 0.750. The Hall–Kier alpha value is -0.490. The zero-order chi connectivity index (χ0) is 12.1. The van der Waals surface area contributed by atoms with Crippen LogP contribution in [0.5, 0.6) is 0 Å². The largest absolute Gasteiger partial charge is 0.379 e. The molecule has 5 heteroatoms. The summed E-state index contributed by atoms with van der Waals surface area (Å²) in [5.74, 6) is 0.595. The van der Waals surface area contributed by atoms with Gasteiger partial charge in [0.25, 0.3) is 0 Å². The number of hydrogen-bond acceptors (Lipinski definition) is 5. The summed E-state index contributed by atoms with van der Waals surface area (Å²) in [7, 11) is 2.00. The summed E-state index contributed by atoms with van der Waals surface area (Å²) in [5, 5.41) is 10.1. The first-order valence-corrected chi connectivity index (χ1v) is 7.04. The highest BCUT2D eigenvalue weighted by Crippen LogP contribution is 2.12. The smallest absolute Gasteiger partial charge is 0.0897 e. The van der Waals surface area contributed by atoms with Gasteiger partial charge in [-0.05, 0) is 14.0 Å². The molecule has 0 radical (unpaired) electrons. The third kappa shape index (κ3) is 3.74. The molecule has 0 spiro atoms. The molecule has 1 aliphatic rings. The molecular weight excluding hydrogens is 234 g/mol. The first kappa shape index (κ1) is 13.0. The predicted molar refractivity (Wildman–Crippen MR) is 70.6 cm³/mol. The third-order valence-electron chi connectivity index (χ3n) is 3.20. The van der Waals surface area contributed by atoms with E-state index in [2.05, 4.69) is 27.9 Å². The number of rotatable bonds is 6. The average Bonchev–Trinajstić information content (AvgIpc) is 2.93. The Morgan fingerprint density at radius 1 is 1.53 bits per heavy atom. The fourth-order valence-corrected chi connectivity index (χ4v) is 2.79. The van der Waals surface area contributed by atoms with Crippen LogP contribution in [0.1, 0.15) is 10.7 Å². The van der Waals surface area contributed by atoms with Crippen LogP contribution in [0.4, 0.5) is 0 Å². The van der Waals surface area contributed by atoms with Gasteiger partial charge in [0.15, 0.2) is 0 Å². The number of nitrogens with one attached hydrogen (secondary N) is 2. The summed E-state index contributed by atoms with van der Waals surface area (Å²) in [6.07, 6.45) is 1.02. The molecule has 1 aliphatic heterocycles. The lowest BCUT2D eigenvalue weighted by Crippen LogP contribution is -2.38. The van der Waals surface area contributed by atoms with Crippen molar-refractivity contribution in [2.75, 3.05) is 33.4 Å². The molecule has 0 bridgehead atoms. The summed E-state index contributed by atoms with van der Waals surface area (Å²) < 4.78 is 5.47. The number of likely N-dealkylation sites (N-methyl/N-ethyl adjacent to an activating group) is 1. The monoisotopic (exact) mass is 255 g/mol. The second kappa shape index (κ2) is 6.44. The van der Waals surface area contributed by atoms with E-state index in [0.29, 0.717) is 12.0 Å². The number of hydrogen-bond donors (Lipinski definition) is 2. The standard InChI is InChI=1S/C12H21N3OS/c1-9-15-11(8-17-9)3-4-14-5-10-6-16-7-12(10)13-2/h8,10,12-14H,3-7H2,1-2H3. The number of aryl methyl sites for hydroxylation is 1. The van der Waals surface area contributed by atoms with Crippen molar-refractivity contribution in [1.82, 2.24) is 15.6 Å². The summed E-state index contributed by atoms with van der Waals surface area (Å²) >= 11 is 1.72. The fourth-order valence-electron chi connectivity index (χ4n) is 2.15. The summed E-state index contributed by atoms with van der Waals surface area (Å²) in [5.41, 5.74) is 1.20. The van der Waals surface area contributed by atoms with Crippen molar-refractivity contribution >= 4 is 11.3 Å². The van der Waals surface area contributed by atoms with Crippen molar-refractivity contribution in [3.8, 4) is 0 Å². The van der Waals surface area contributed by atoms with E-state index in [1.54, 1.807) is 11.3 Å². The molecule has 1 aromatic heterocycles. The van der Waals surface area contributed by atoms with Crippen LogP contribution in [-0.4, -0.2) is 44.4 Å². The van der Waals surface area contributed by atoms with Gasteiger partial charge in [0.2, 0.25) is 0 Å². The molecule has 96 valence electrons. The number of thiazole rings is 1. The highest BCUT2D eigenvalue weighted by Gasteiger charge is 2.25. The maximum atomic E-state index is 5.47. The van der Waals surface area contributed by atoms with Crippen LogP contribution >= 0.6 is 11.3 Å². The van der Waals surface area contributed by atoms with Crippen LogP contribution in [-0.2, 0) is 11.2 Å². The molecule has 17 heavy (non-hydrogen) atoms. The third-order valence-corrected chi connectivity index (χ3v) is 4.02. The second-order valence-corrected chi connectivity index (χ2v) is 5.57. The lowest BCUT2D eigenvalue weighted by atomic mass is 10.0. The number of ether oxygens (including phenoxy) is 1. The molecule has 0 amide bonds. The molecule has 4 nitrogen and oxygen atoms in total. The van der Waals surface area contributed by atoms with E-state index >= 15 is 0 Å². The number of nitrogens with zero attached hydrogens (tertiary/aromatic N) is 1. The molecule has 2 unspecified atom stereocenters. The Kier molecular flexibility index (Phi) is 4.91. The zero-order valence-corrected chi connectivity index (χ0v) is 11.3. The van der Waals surface area contributed by atoms with Gasteiger partial charge in [-0.15, -0.1) is 11.3 Å². The van der Waals surface area contributed by atoms with E-state index in [1.165, 1.54) is 5.69 Å². The molecule has 2 atom stereocenters. The Balaban J connectivity index is 1.63. The normalized spacial score (nSPS) is 24.4. The summed E-state index contributed by atoms with van der Waals surface area (Å²) in [4.78, 5) is 4.45. The van der Waals surface area contributed by atoms with Gasteiger partial charge in [-0.2, -0.15) is 0 Å². The second-order valence-electron chi connectivity index (χ2n) is 4.50. The van der Waals surface area contributed by atoms with Crippen molar-refractivity contribution in [1.29, 1.82) is 0 Å². The van der Waals surface area contributed by atoms with E-state index in [1.807, 2.05) is 7.05 Å². The number of aromatic nitrogens is 1. The van der Waals surface area contributed by atoms with E-state index in [-0.39, 0.29) is 0 Å².